The number of hydrogen-bond acceptors (Lipinski definition) is 1. The molecule has 0 saturated carbocycles. The number of para-hydroxylation sites is 2. The van der Waals surface area contributed by atoms with Crippen LogP contribution in [0.1, 0.15) is 13.7 Å². The molecule has 0 aromatic heterocycles. The van der Waals surface area contributed by atoms with E-state index in [4.69, 9.17) is 6.85 Å². The van der Waals surface area contributed by atoms with E-state index in [9.17, 15) is 6.85 Å². The summed E-state index contributed by atoms with van der Waals surface area (Å²) in [6.07, 6.45) is 0. The highest BCUT2D eigenvalue weighted by molar-refractivity contribution is 6.12. The second-order valence-corrected chi connectivity index (χ2v) is 9.35. The lowest BCUT2D eigenvalue weighted by atomic mass is 9.77. The van der Waals surface area contributed by atoms with Crippen molar-refractivity contribution in [3.05, 3.63) is 151 Å². The molecule has 0 aliphatic heterocycles. The summed E-state index contributed by atoms with van der Waals surface area (Å²) in [6, 6.07) is 24.5. The lowest BCUT2D eigenvalue weighted by molar-refractivity contribution is 1.29. The average molecular weight is 506 g/mol. The summed E-state index contributed by atoms with van der Waals surface area (Å²) in [7, 11) is 0. The Labute approximate surface area is 242 Å². The van der Waals surface area contributed by atoms with Crippen molar-refractivity contribution in [2.45, 2.75) is 0 Å². The van der Waals surface area contributed by atoms with Crippen LogP contribution in [0.15, 0.2) is 151 Å². The van der Waals surface area contributed by atoms with Gasteiger partial charge in [-0.3, -0.25) is 0 Å². The molecule has 182 valence electrons. The molecule has 0 unspecified atom stereocenters. The molecule has 8 rings (SSSR count). The molecule has 7 aromatic carbocycles. The van der Waals surface area contributed by atoms with Gasteiger partial charge in [-0.15, -0.1) is 0 Å². The highest BCUT2D eigenvalue weighted by Gasteiger charge is 2.24. The van der Waals surface area contributed by atoms with Crippen molar-refractivity contribution in [3.63, 3.8) is 0 Å². The Morgan fingerprint density at radius 3 is 1.38 bits per heavy atom. The summed E-state index contributed by atoms with van der Waals surface area (Å²) >= 11 is 0. The number of hydrogen-bond donors (Lipinski definition) is 0. The van der Waals surface area contributed by atoms with E-state index in [1.807, 2.05) is 60.7 Å². The van der Waals surface area contributed by atoms with Crippen molar-refractivity contribution < 1.29 is 13.7 Å². The summed E-state index contributed by atoms with van der Waals surface area (Å²) in [4.78, 5) is 1.69. The van der Waals surface area contributed by atoms with Gasteiger partial charge in [-0.05, 0) is 121 Å². The van der Waals surface area contributed by atoms with Crippen LogP contribution < -0.4 is 4.90 Å². The molecule has 1 heteroatoms. The average Bonchev–Trinajstić information content (AvgIpc) is 3.09. The summed E-state index contributed by atoms with van der Waals surface area (Å²) < 4.78 is 91.6. The second kappa shape index (κ2) is 8.72. The maximum atomic E-state index is 9.43. The molecular formula is C38H25N. The Balaban J connectivity index is 1.45. The first-order chi connectivity index (χ1) is 23.6. The fourth-order valence-electron chi connectivity index (χ4n) is 5.04. The highest BCUT2D eigenvalue weighted by Crippen LogP contribution is 2.51. The predicted octanol–water partition coefficient (Wildman–Crippen LogP) is 10.8. The maximum Gasteiger partial charge on any atom is 0.0651 e. The van der Waals surface area contributed by atoms with Gasteiger partial charge in [0.25, 0.3) is 0 Å². The van der Waals surface area contributed by atoms with Gasteiger partial charge in [0.1, 0.15) is 0 Å². The topological polar surface area (TPSA) is 3.24 Å². The first-order valence-corrected chi connectivity index (χ1v) is 12.7. The minimum absolute atomic E-state index is 0.00505. The van der Waals surface area contributed by atoms with Crippen molar-refractivity contribution in [2.75, 3.05) is 4.90 Å². The monoisotopic (exact) mass is 505 g/mol. The van der Waals surface area contributed by atoms with Crippen LogP contribution in [0, 0.1) is 0 Å². The second-order valence-electron chi connectivity index (χ2n) is 9.35. The van der Waals surface area contributed by atoms with Crippen molar-refractivity contribution in [2.24, 2.45) is 0 Å². The summed E-state index contributed by atoms with van der Waals surface area (Å²) in [5.41, 5.74) is 2.64. The lowest BCUT2D eigenvalue weighted by Gasteiger charge is -2.28. The molecule has 1 nitrogen and oxygen atoms in total. The van der Waals surface area contributed by atoms with E-state index < -0.39 is 0 Å². The van der Waals surface area contributed by atoms with E-state index in [0.717, 1.165) is 0 Å². The molecule has 0 spiro atoms. The van der Waals surface area contributed by atoms with Gasteiger partial charge in [0.05, 0.1) is 13.7 Å². The Morgan fingerprint density at radius 2 is 0.821 bits per heavy atom. The van der Waals surface area contributed by atoms with Crippen LogP contribution in [0.2, 0.25) is 0 Å². The van der Waals surface area contributed by atoms with E-state index in [0.29, 0.717) is 16.9 Å². The molecule has 1 aliphatic rings. The van der Waals surface area contributed by atoms with E-state index in [1.54, 1.807) is 35.2 Å². The largest absolute Gasteiger partial charge is 0.310 e. The Bertz CT molecular complexity index is 2500. The van der Waals surface area contributed by atoms with Crippen LogP contribution in [0.4, 0.5) is 17.1 Å². The van der Waals surface area contributed by atoms with Gasteiger partial charge in [-0.25, -0.2) is 0 Å². The number of nitrogens with zero attached hydrogens (tertiary/aromatic N) is 1. The normalized spacial score (nSPS) is 15.2. The fraction of sp³-hybridized carbons (Fsp3) is 0. The van der Waals surface area contributed by atoms with Crippen LogP contribution in [0.5, 0.6) is 0 Å². The molecular weight excluding hydrogens is 470 g/mol. The van der Waals surface area contributed by atoms with Crippen LogP contribution in [0.3, 0.4) is 0 Å². The van der Waals surface area contributed by atoms with E-state index in [2.05, 4.69) is 0 Å². The van der Waals surface area contributed by atoms with Gasteiger partial charge >= 0.3 is 0 Å². The van der Waals surface area contributed by atoms with Crippen LogP contribution >= 0.6 is 0 Å². The molecule has 0 N–H and O–H groups in total. The summed E-state index contributed by atoms with van der Waals surface area (Å²) in [5.74, 6) is 0. The van der Waals surface area contributed by atoms with Gasteiger partial charge in [-0.2, -0.15) is 0 Å². The zero-order valence-electron chi connectivity index (χ0n) is 30.6. The first-order valence-electron chi connectivity index (χ1n) is 17.7. The molecule has 0 amide bonds. The number of fused-ring (bicyclic) bond motifs is 6. The molecule has 7 aromatic rings. The van der Waals surface area contributed by atoms with Crippen LogP contribution in [-0.2, 0) is 0 Å². The Hall–Kier alpha value is -5.14. The zero-order chi connectivity index (χ0) is 34.5. The summed E-state index contributed by atoms with van der Waals surface area (Å²) in [6.45, 7) is 0. The lowest BCUT2D eigenvalue weighted by Crippen LogP contribution is -2.09. The van der Waals surface area contributed by atoms with Crippen LogP contribution in [-0.4, -0.2) is 0 Å². The Kier molecular flexibility index (Phi) is 3.16. The van der Waals surface area contributed by atoms with E-state index in [-0.39, 0.29) is 115 Å². The minimum atomic E-state index is -0.342. The molecule has 1 aliphatic carbocycles. The number of benzene rings is 7. The number of rotatable bonds is 4. The summed E-state index contributed by atoms with van der Waals surface area (Å²) in [5, 5.41) is -0.144. The molecule has 39 heavy (non-hydrogen) atoms. The maximum absolute atomic E-state index is 9.43. The minimum Gasteiger partial charge on any atom is -0.310 e. The zero-order valence-corrected chi connectivity index (χ0v) is 20.6. The molecule has 0 radical (unpaired) electrons. The third-order valence-electron chi connectivity index (χ3n) is 6.93. The van der Waals surface area contributed by atoms with Crippen molar-refractivity contribution >= 4 is 38.6 Å². The SMILES string of the molecule is [2H]c1c(-c2ccccc2)c([2H])c2c([2H])c3c(c([2H])c2c1[2H])-c1c-3c([2H])c2c([2H])c([2H])c(N(c3ccccc3)c3ccccc3)c([2H])c2c1[2H]. The van der Waals surface area contributed by atoms with Gasteiger partial charge in [0, 0.05) is 17.1 Å². The number of anilines is 3. The van der Waals surface area contributed by atoms with Gasteiger partial charge < -0.3 is 4.90 Å². The Morgan fingerprint density at radius 1 is 0.359 bits per heavy atom. The molecule has 0 heterocycles. The molecule has 0 saturated heterocycles. The van der Waals surface area contributed by atoms with Crippen LogP contribution in [0.25, 0.3) is 54.9 Å². The quantitative estimate of drug-likeness (QED) is 0.230. The third kappa shape index (κ3) is 3.63. The smallest absolute Gasteiger partial charge is 0.0651 e. The molecule has 0 bridgehead atoms. The fourth-order valence-corrected chi connectivity index (χ4v) is 5.04. The van der Waals surface area contributed by atoms with Crippen molar-refractivity contribution in [1.82, 2.24) is 0 Å². The van der Waals surface area contributed by atoms with E-state index in [1.165, 1.54) is 0 Å². The van der Waals surface area contributed by atoms with Gasteiger partial charge in [0.2, 0.25) is 0 Å². The van der Waals surface area contributed by atoms with Gasteiger partial charge in [0.15, 0.2) is 0 Å². The van der Waals surface area contributed by atoms with Crippen molar-refractivity contribution in [3.8, 4) is 33.4 Å². The molecule has 0 fully saturated rings. The third-order valence-corrected chi connectivity index (χ3v) is 6.93. The van der Waals surface area contributed by atoms with Crippen molar-refractivity contribution in [1.29, 1.82) is 0 Å². The van der Waals surface area contributed by atoms with Gasteiger partial charge in [-0.1, -0.05) is 84.9 Å². The standard InChI is InChI=1S/C38H25N/c1-4-10-26(11-5-1)27-16-17-28-22-35-37(24-30(28)20-27)36-23-29-18-19-34(21-31(29)25-38(35)36)39(32-12-6-2-7-13-32)33-14-8-3-9-15-33/h1-25H/i16D,17D,18D,19D,20D,21D,22D,23D,24D,25D. The van der Waals surface area contributed by atoms with E-state index >= 15 is 0 Å². The first kappa shape index (κ1) is 14.1. The predicted molar refractivity (Wildman–Crippen MR) is 166 cm³/mol. The highest BCUT2D eigenvalue weighted by atomic mass is 15.1. The molecule has 0 atom stereocenters.